The number of nitrogens with zero attached hydrogens (tertiary/aromatic N) is 2. The van der Waals surface area contributed by atoms with Gasteiger partial charge >= 0.3 is 0 Å². The number of rotatable bonds is 2. The van der Waals surface area contributed by atoms with Crippen molar-refractivity contribution in [3.05, 3.63) is 23.3 Å². The third kappa shape index (κ3) is 1.88. The molecule has 1 aliphatic heterocycles. The van der Waals surface area contributed by atoms with Crippen LogP contribution in [-0.4, -0.2) is 16.5 Å². The Balaban J connectivity index is 1.91. The lowest BCUT2D eigenvalue weighted by atomic mass is 10.1. The van der Waals surface area contributed by atoms with Gasteiger partial charge in [0.05, 0.1) is 5.69 Å². The molecule has 1 aromatic heterocycles. The Morgan fingerprint density at radius 1 is 1.20 bits per heavy atom. The van der Waals surface area contributed by atoms with Crippen molar-refractivity contribution < 1.29 is 0 Å². The molecule has 1 saturated carbocycles. The number of hydrogen-bond acceptors (Lipinski definition) is 3. The summed E-state index contributed by atoms with van der Waals surface area (Å²) >= 11 is 0. The van der Waals surface area contributed by atoms with Crippen molar-refractivity contribution in [1.82, 2.24) is 15.3 Å². The summed E-state index contributed by atoms with van der Waals surface area (Å²) in [5.41, 5.74) is 2.48. The second-order valence-electron chi connectivity index (χ2n) is 4.69. The number of aromatic nitrogens is 2. The van der Waals surface area contributed by atoms with Gasteiger partial charge in [-0.25, -0.2) is 9.97 Å². The molecule has 0 amide bonds. The third-order valence-electron chi connectivity index (χ3n) is 3.29. The number of aryl methyl sites for hydroxylation is 1. The van der Waals surface area contributed by atoms with E-state index in [2.05, 4.69) is 21.4 Å². The van der Waals surface area contributed by atoms with Crippen LogP contribution in [0.2, 0.25) is 0 Å². The van der Waals surface area contributed by atoms with Crippen LogP contribution in [0, 0.1) is 6.92 Å². The van der Waals surface area contributed by atoms with E-state index in [-0.39, 0.29) is 0 Å². The Kier molecular flexibility index (Phi) is 2.20. The Bertz CT molecular complexity index is 365. The van der Waals surface area contributed by atoms with E-state index in [0.717, 1.165) is 18.3 Å². The number of hydrogen-bond donors (Lipinski definition) is 1. The molecule has 3 rings (SSSR count). The van der Waals surface area contributed by atoms with E-state index in [4.69, 9.17) is 0 Å². The highest BCUT2D eigenvalue weighted by Gasteiger charge is 2.27. The van der Waals surface area contributed by atoms with Gasteiger partial charge in [-0.05, 0) is 45.2 Å². The van der Waals surface area contributed by atoms with Crippen molar-refractivity contribution in [2.45, 2.75) is 44.6 Å². The lowest BCUT2D eigenvalue weighted by Gasteiger charge is -2.11. The summed E-state index contributed by atoms with van der Waals surface area (Å²) in [6.07, 6.45) is 5.12. The van der Waals surface area contributed by atoms with Crippen LogP contribution in [0.15, 0.2) is 6.07 Å². The lowest BCUT2D eigenvalue weighted by molar-refractivity contribution is 0.619. The maximum absolute atomic E-state index is 4.55. The van der Waals surface area contributed by atoms with E-state index in [1.165, 1.54) is 37.1 Å². The Hall–Kier alpha value is -0.960. The van der Waals surface area contributed by atoms with E-state index in [9.17, 15) is 0 Å². The SMILES string of the molecule is Cc1nc(C2CC2)cc(C2CCCN2)n1. The Morgan fingerprint density at radius 2 is 2.00 bits per heavy atom. The van der Waals surface area contributed by atoms with Gasteiger partial charge in [-0.2, -0.15) is 0 Å². The van der Waals surface area contributed by atoms with Gasteiger partial charge in [-0.1, -0.05) is 0 Å². The van der Waals surface area contributed by atoms with Gasteiger partial charge < -0.3 is 5.32 Å². The maximum Gasteiger partial charge on any atom is 0.125 e. The monoisotopic (exact) mass is 203 g/mol. The molecule has 1 saturated heterocycles. The molecule has 2 aliphatic rings. The third-order valence-corrected chi connectivity index (χ3v) is 3.29. The van der Waals surface area contributed by atoms with Crippen molar-refractivity contribution in [2.75, 3.05) is 6.54 Å². The molecule has 1 atom stereocenters. The molecule has 15 heavy (non-hydrogen) atoms. The van der Waals surface area contributed by atoms with Crippen LogP contribution in [-0.2, 0) is 0 Å². The molecule has 1 N–H and O–H groups in total. The predicted molar refractivity (Wildman–Crippen MR) is 58.7 cm³/mol. The van der Waals surface area contributed by atoms with Crippen LogP contribution in [0.3, 0.4) is 0 Å². The molecule has 1 aliphatic carbocycles. The second-order valence-corrected chi connectivity index (χ2v) is 4.69. The highest BCUT2D eigenvalue weighted by atomic mass is 15.0. The second kappa shape index (κ2) is 3.56. The molecular formula is C12H17N3. The quantitative estimate of drug-likeness (QED) is 0.799. The van der Waals surface area contributed by atoms with Gasteiger partial charge in [0.1, 0.15) is 5.82 Å². The smallest absolute Gasteiger partial charge is 0.125 e. The first-order chi connectivity index (χ1) is 7.33. The van der Waals surface area contributed by atoms with Gasteiger partial charge in [0.15, 0.2) is 0 Å². The zero-order valence-corrected chi connectivity index (χ0v) is 9.16. The van der Waals surface area contributed by atoms with E-state index in [0.29, 0.717) is 6.04 Å². The summed E-state index contributed by atoms with van der Waals surface area (Å²) in [5, 5.41) is 3.50. The van der Waals surface area contributed by atoms with Gasteiger partial charge in [0.25, 0.3) is 0 Å². The fraction of sp³-hybridized carbons (Fsp3) is 0.667. The van der Waals surface area contributed by atoms with Gasteiger partial charge in [-0.3, -0.25) is 0 Å². The first kappa shape index (κ1) is 9.28. The van der Waals surface area contributed by atoms with Crippen LogP contribution in [0.25, 0.3) is 0 Å². The Labute approximate surface area is 90.3 Å². The molecule has 0 spiro atoms. The van der Waals surface area contributed by atoms with Crippen LogP contribution in [0.4, 0.5) is 0 Å². The van der Waals surface area contributed by atoms with Gasteiger partial charge in [-0.15, -0.1) is 0 Å². The fourth-order valence-electron chi connectivity index (χ4n) is 2.32. The molecule has 3 heteroatoms. The standard InChI is InChI=1S/C12H17N3/c1-8-14-11(9-4-5-9)7-12(15-8)10-3-2-6-13-10/h7,9-10,13H,2-6H2,1H3. The van der Waals surface area contributed by atoms with Crippen LogP contribution < -0.4 is 5.32 Å². The molecule has 0 radical (unpaired) electrons. The average Bonchev–Trinajstić information content (AvgIpc) is 2.93. The molecule has 2 fully saturated rings. The number of nitrogens with one attached hydrogen (secondary N) is 1. The summed E-state index contributed by atoms with van der Waals surface area (Å²) in [5.74, 6) is 1.66. The van der Waals surface area contributed by atoms with Gasteiger partial charge in [0, 0.05) is 17.7 Å². The minimum Gasteiger partial charge on any atom is -0.309 e. The normalized spacial score (nSPS) is 25.8. The van der Waals surface area contributed by atoms with Crippen molar-refractivity contribution >= 4 is 0 Å². The molecule has 1 aromatic rings. The van der Waals surface area contributed by atoms with Crippen molar-refractivity contribution in [1.29, 1.82) is 0 Å². The summed E-state index contributed by atoms with van der Waals surface area (Å²) < 4.78 is 0. The van der Waals surface area contributed by atoms with E-state index in [1.807, 2.05) is 6.92 Å². The first-order valence-electron chi connectivity index (χ1n) is 5.92. The highest BCUT2D eigenvalue weighted by molar-refractivity contribution is 5.21. The molecule has 1 unspecified atom stereocenters. The predicted octanol–water partition coefficient (Wildman–Crippen LogP) is 2.09. The summed E-state index contributed by atoms with van der Waals surface area (Å²) in [6.45, 7) is 3.14. The van der Waals surface area contributed by atoms with Crippen LogP contribution in [0.5, 0.6) is 0 Å². The average molecular weight is 203 g/mol. The minimum absolute atomic E-state index is 0.476. The summed E-state index contributed by atoms with van der Waals surface area (Å²) in [4.78, 5) is 9.08. The molecule has 3 nitrogen and oxygen atoms in total. The minimum atomic E-state index is 0.476. The van der Waals surface area contributed by atoms with Gasteiger partial charge in [0.2, 0.25) is 0 Å². The van der Waals surface area contributed by atoms with Crippen molar-refractivity contribution in [2.24, 2.45) is 0 Å². The summed E-state index contributed by atoms with van der Waals surface area (Å²) in [7, 11) is 0. The molecular weight excluding hydrogens is 186 g/mol. The molecule has 80 valence electrons. The van der Waals surface area contributed by atoms with Crippen molar-refractivity contribution in [3.63, 3.8) is 0 Å². The zero-order valence-electron chi connectivity index (χ0n) is 9.16. The summed E-state index contributed by atoms with van der Waals surface area (Å²) in [6, 6.07) is 2.69. The molecule has 2 heterocycles. The molecule has 0 bridgehead atoms. The van der Waals surface area contributed by atoms with Crippen molar-refractivity contribution in [3.8, 4) is 0 Å². The lowest BCUT2D eigenvalue weighted by Crippen LogP contribution is -2.15. The maximum atomic E-state index is 4.55. The molecule has 0 aromatic carbocycles. The first-order valence-corrected chi connectivity index (χ1v) is 5.92. The zero-order chi connectivity index (χ0) is 10.3. The topological polar surface area (TPSA) is 37.8 Å². The Morgan fingerprint density at radius 3 is 2.67 bits per heavy atom. The van der Waals surface area contributed by atoms with E-state index >= 15 is 0 Å². The van der Waals surface area contributed by atoms with E-state index < -0.39 is 0 Å². The van der Waals surface area contributed by atoms with Crippen LogP contribution in [0.1, 0.15) is 54.9 Å². The highest BCUT2D eigenvalue weighted by Crippen LogP contribution is 2.39. The van der Waals surface area contributed by atoms with Crippen LogP contribution >= 0.6 is 0 Å². The largest absolute Gasteiger partial charge is 0.309 e. The fourth-order valence-corrected chi connectivity index (χ4v) is 2.32. The van der Waals surface area contributed by atoms with E-state index in [1.54, 1.807) is 0 Å².